The number of ether oxygens (including phenoxy) is 2. The molecule has 1 aromatic heterocycles. The van der Waals surface area contributed by atoms with Crippen molar-refractivity contribution in [2.45, 2.75) is 56.8 Å². The van der Waals surface area contributed by atoms with E-state index in [1.165, 1.54) is 7.11 Å². The van der Waals surface area contributed by atoms with Crippen LogP contribution in [0.25, 0.3) is 0 Å². The maximum Gasteiger partial charge on any atom is 0.254 e. The van der Waals surface area contributed by atoms with Crippen molar-refractivity contribution in [1.29, 1.82) is 0 Å². The zero-order valence-electron chi connectivity index (χ0n) is 13.1. The van der Waals surface area contributed by atoms with E-state index >= 15 is 0 Å². The molecule has 7 heteroatoms. The molecule has 0 spiro atoms. The van der Waals surface area contributed by atoms with Gasteiger partial charge in [-0.05, 0) is 18.0 Å². The monoisotopic (exact) mass is 312 g/mol. The number of carbonyl (C=O) groups excluding carboxylic acids is 1. The van der Waals surface area contributed by atoms with Crippen LogP contribution in [0.3, 0.4) is 0 Å². The van der Waals surface area contributed by atoms with E-state index in [0.29, 0.717) is 18.1 Å². The lowest BCUT2D eigenvalue weighted by Crippen LogP contribution is -2.48. The number of hydrogen-bond donors (Lipinski definition) is 2. The minimum atomic E-state index is -0.665. The average Bonchev–Trinajstić information content (AvgIpc) is 2.92. The van der Waals surface area contributed by atoms with Crippen molar-refractivity contribution in [3.63, 3.8) is 0 Å². The lowest BCUT2D eigenvalue weighted by Gasteiger charge is -2.27. The average molecular weight is 312 g/mol. The SMILES string of the molecule is COc1cc(CCC(=O)N[C@@H]2CCCC[C@@H](OC)[C@@H]2O)on1. The van der Waals surface area contributed by atoms with Crippen LogP contribution in [-0.2, 0) is 16.0 Å². The number of aliphatic hydroxyl groups is 1. The van der Waals surface area contributed by atoms with Crippen molar-refractivity contribution >= 4 is 5.91 Å². The highest BCUT2D eigenvalue weighted by Gasteiger charge is 2.30. The van der Waals surface area contributed by atoms with Crippen LogP contribution in [0.15, 0.2) is 10.6 Å². The third-order valence-electron chi connectivity index (χ3n) is 4.04. The number of nitrogens with zero attached hydrogens (tertiary/aromatic N) is 1. The minimum Gasteiger partial charge on any atom is -0.479 e. The summed E-state index contributed by atoms with van der Waals surface area (Å²) in [5, 5.41) is 16.9. The summed E-state index contributed by atoms with van der Waals surface area (Å²) in [6, 6.07) is 1.40. The van der Waals surface area contributed by atoms with E-state index in [9.17, 15) is 9.90 Å². The molecule has 2 rings (SSSR count). The van der Waals surface area contributed by atoms with Gasteiger partial charge in [-0.15, -0.1) is 0 Å². The molecule has 0 saturated heterocycles. The predicted octanol–water partition coefficient (Wildman–Crippen LogP) is 1.05. The minimum absolute atomic E-state index is 0.115. The quantitative estimate of drug-likeness (QED) is 0.763. The smallest absolute Gasteiger partial charge is 0.254 e. The van der Waals surface area contributed by atoms with E-state index in [-0.39, 0.29) is 24.5 Å². The molecule has 22 heavy (non-hydrogen) atoms. The Morgan fingerprint density at radius 1 is 1.45 bits per heavy atom. The number of amides is 1. The van der Waals surface area contributed by atoms with Gasteiger partial charge in [-0.3, -0.25) is 4.79 Å². The summed E-state index contributed by atoms with van der Waals surface area (Å²) in [5.41, 5.74) is 0. The Hall–Kier alpha value is -1.60. The van der Waals surface area contributed by atoms with Gasteiger partial charge in [0.2, 0.25) is 5.91 Å². The summed E-state index contributed by atoms with van der Waals surface area (Å²) in [7, 11) is 3.10. The first-order valence-electron chi connectivity index (χ1n) is 7.64. The summed E-state index contributed by atoms with van der Waals surface area (Å²) in [5.74, 6) is 0.886. The molecular formula is C15H24N2O5. The van der Waals surface area contributed by atoms with Gasteiger partial charge in [0.1, 0.15) is 11.9 Å². The molecule has 2 N–H and O–H groups in total. The predicted molar refractivity (Wildman–Crippen MR) is 78.6 cm³/mol. The Bertz CT molecular complexity index is 476. The van der Waals surface area contributed by atoms with Gasteiger partial charge in [-0.2, -0.15) is 0 Å². The topological polar surface area (TPSA) is 93.8 Å². The Labute approximate surface area is 130 Å². The van der Waals surface area contributed by atoms with Crippen LogP contribution in [0.1, 0.15) is 37.9 Å². The molecular weight excluding hydrogens is 288 g/mol. The Balaban J connectivity index is 1.82. The fourth-order valence-electron chi connectivity index (χ4n) is 2.75. The van der Waals surface area contributed by atoms with E-state index < -0.39 is 6.10 Å². The van der Waals surface area contributed by atoms with Gasteiger partial charge in [0, 0.05) is 26.0 Å². The Morgan fingerprint density at radius 3 is 2.91 bits per heavy atom. The fourth-order valence-corrected chi connectivity index (χ4v) is 2.75. The third kappa shape index (κ3) is 4.45. The Morgan fingerprint density at radius 2 is 2.23 bits per heavy atom. The second kappa shape index (κ2) is 8.14. The van der Waals surface area contributed by atoms with Crippen LogP contribution in [0, 0.1) is 0 Å². The first kappa shape index (κ1) is 16.8. The van der Waals surface area contributed by atoms with Gasteiger partial charge in [-0.1, -0.05) is 12.8 Å². The number of carbonyl (C=O) groups is 1. The van der Waals surface area contributed by atoms with Crippen LogP contribution in [0.4, 0.5) is 0 Å². The number of aromatic nitrogens is 1. The van der Waals surface area contributed by atoms with Crippen molar-refractivity contribution < 1.29 is 23.9 Å². The number of hydrogen-bond acceptors (Lipinski definition) is 6. The molecule has 0 radical (unpaired) electrons. The third-order valence-corrected chi connectivity index (χ3v) is 4.04. The van der Waals surface area contributed by atoms with Crippen LogP contribution >= 0.6 is 0 Å². The first-order valence-corrected chi connectivity index (χ1v) is 7.64. The molecule has 1 fully saturated rings. The highest BCUT2D eigenvalue weighted by Crippen LogP contribution is 2.21. The zero-order chi connectivity index (χ0) is 15.9. The summed E-state index contributed by atoms with van der Waals surface area (Å²) in [6.45, 7) is 0. The number of aryl methyl sites for hydroxylation is 1. The maximum absolute atomic E-state index is 12.1. The van der Waals surface area contributed by atoms with Gasteiger partial charge in [0.15, 0.2) is 0 Å². The number of methoxy groups -OCH3 is 2. The Kier molecular flexibility index (Phi) is 6.21. The van der Waals surface area contributed by atoms with Gasteiger partial charge in [0.05, 0.1) is 19.3 Å². The highest BCUT2D eigenvalue weighted by atomic mass is 16.5. The van der Waals surface area contributed by atoms with E-state index in [1.54, 1.807) is 13.2 Å². The lowest BCUT2D eigenvalue weighted by molar-refractivity contribution is -0.123. The summed E-state index contributed by atoms with van der Waals surface area (Å²) in [6.07, 6.45) is 3.40. The molecule has 0 bridgehead atoms. The van der Waals surface area contributed by atoms with Gasteiger partial charge < -0.3 is 24.4 Å². The van der Waals surface area contributed by atoms with Crippen molar-refractivity contribution in [2.24, 2.45) is 0 Å². The van der Waals surface area contributed by atoms with E-state index in [1.807, 2.05) is 0 Å². The van der Waals surface area contributed by atoms with Crippen LogP contribution in [0.2, 0.25) is 0 Å². The molecule has 1 aliphatic rings. The molecule has 1 aliphatic carbocycles. The molecule has 1 aromatic rings. The van der Waals surface area contributed by atoms with Gasteiger partial charge >= 0.3 is 0 Å². The number of aliphatic hydroxyl groups excluding tert-OH is 1. The number of nitrogens with one attached hydrogen (secondary N) is 1. The molecule has 1 amide bonds. The highest BCUT2D eigenvalue weighted by molar-refractivity contribution is 5.76. The second-order valence-corrected chi connectivity index (χ2v) is 5.56. The van der Waals surface area contributed by atoms with E-state index in [2.05, 4.69) is 10.5 Å². The molecule has 0 aromatic carbocycles. The zero-order valence-corrected chi connectivity index (χ0v) is 13.1. The summed E-state index contributed by atoms with van der Waals surface area (Å²) < 4.78 is 15.3. The van der Waals surface area contributed by atoms with E-state index in [0.717, 1.165) is 25.7 Å². The van der Waals surface area contributed by atoms with Crippen molar-refractivity contribution in [1.82, 2.24) is 10.5 Å². The normalized spacial score (nSPS) is 25.5. The molecule has 7 nitrogen and oxygen atoms in total. The summed E-state index contributed by atoms with van der Waals surface area (Å²) >= 11 is 0. The first-order chi connectivity index (χ1) is 10.6. The van der Waals surface area contributed by atoms with E-state index in [4.69, 9.17) is 14.0 Å². The fraction of sp³-hybridized carbons (Fsp3) is 0.733. The molecule has 3 atom stereocenters. The molecule has 1 heterocycles. The van der Waals surface area contributed by atoms with Crippen molar-refractivity contribution in [3.05, 3.63) is 11.8 Å². The molecule has 0 unspecified atom stereocenters. The maximum atomic E-state index is 12.1. The van der Waals surface area contributed by atoms with Gasteiger partial charge in [-0.25, -0.2) is 0 Å². The second-order valence-electron chi connectivity index (χ2n) is 5.56. The number of rotatable bonds is 6. The van der Waals surface area contributed by atoms with Gasteiger partial charge in [0.25, 0.3) is 5.88 Å². The molecule has 124 valence electrons. The van der Waals surface area contributed by atoms with Crippen LogP contribution in [-0.4, -0.2) is 48.6 Å². The van der Waals surface area contributed by atoms with Crippen LogP contribution in [0.5, 0.6) is 5.88 Å². The standard InChI is InChI=1S/C15H24N2O5/c1-20-12-6-4-3-5-11(15(12)19)16-13(18)8-7-10-9-14(21-2)17-22-10/h9,11-12,15,19H,3-8H2,1-2H3,(H,16,18)/t11-,12-,15-/m1/s1. The largest absolute Gasteiger partial charge is 0.479 e. The van der Waals surface area contributed by atoms with Crippen molar-refractivity contribution in [3.8, 4) is 5.88 Å². The summed E-state index contributed by atoms with van der Waals surface area (Å²) in [4.78, 5) is 12.1. The van der Waals surface area contributed by atoms with Crippen molar-refractivity contribution in [2.75, 3.05) is 14.2 Å². The van der Waals surface area contributed by atoms with Crippen LogP contribution < -0.4 is 10.1 Å². The molecule has 1 saturated carbocycles. The molecule has 0 aliphatic heterocycles. The lowest BCUT2D eigenvalue weighted by atomic mass is 10.0.